The standard InChI is InChI=1S/C17H16Cl4O3/c1-4-17(22,23-13-7-5-11(18)15(20)9(13)2)24-14-8-6-12(19)16(21)10(14)3/h5-8,22H,4H2,1-3H3. The average Bonchev–Trinajstić information content (AvgIpc) is 2.56. The molecule has 0 saturated heterocycles. The molecule has 0 atom stereocenters. The lowest BCUT2D eigenvalue weighted by Crippen LogP contribution is -2.42. The van der Waals surface area contributed by atoms with Gasteiger partial charge in [0, 0.05) is 11.1 Å². The third kappa shape index (κ3) is 4.04. The molecule has 0 aliphatic rings. The van der Waals surface area contributed by atoms with Crippen LogP contribution in [0.1, 0.15) is 24.5 Å². The number of ether oxygens (including phenoxy) is 2. The molecule has 2 aromatic carbocycles. The van der Waals surface area contributed by atoms with Crippen LogP contribution in [0.25, 0.3) is 0 Å². The van der Waals surface area contributed by atoms with Crippen LogP contribution in [0.15, 0.2) is 24.3 Å². The van der Waals surface area contributed by atoms with E-state index in [4.69, 9.17) is 55.9 Å². The van der Waals surface area contributed by atoms with Gasteiger partial charge in [0.15, 0.2) is 0 Å². The van der Waals surface area contributed by atoms with E-state index in [2.05, 4.69) is 0 Å². The van der Waals surface area contributed by atoms with Gasteiger partial charge in [-0.1, -0.05) is 53.3 Å². The molecule has 0 heterocycles. The van der Waals surface area contributed by atoms with Crippen LogP contribution in [0, 0.1) is 13.8 Å². The Morgan fingerprint density at radius 3 is 1.54 bits per heavy atom. The van der Waals surface area contributed by atoms with E-state index >= 15 is 0 Å². The van der Waals surface area contributed by atoms with Crippen LogP contribution in [0.2, 0.25) is 20.1 Å². The highest BCUT2D eigenvalue weighted by Gasteiger charge is 2.32. The first-order valence-corrected chi connectivity index (χ1v) is 8.69. The summed E-state index contributed by atoms with van der Waals surface area (Å²) in [5.41, 5.74) is 1.20. The third-order valence-electron chi connectivity index (χ3n) is 3.56. The van der Waals surface area contributed by atoms with Gasteiger partial charge < -0.3 is 14.6 Å². The summed E-state index contributed by atoms with van der Waals surface area (Å²) in [6, 6.07) is 6.42. The number of hydrogen-bond acceptors (Lipinski definition) is 3. The fraction of sp³-hybridized carbons (Fsp3) is 0.294. The Morgan fingerprint density at radius 2 is 1.21 bits per heavy atom. The van der Waals surface area contributed by atoms with E-state index in [1.807, 2.05) is 0 Å². The Kier molecular flexibility index (Phi) is 6.16. The summed E-state index contributed by atoms with van der Waals surface area (Å²) in [4.78, 5) is 0. The smallest absolute Gasteiger partial charge is 0.368 e. The number of aliphatic hydroxyl groups is 1. The molecule has 0 saturated carbocycles. The molecule has 0 bridgehead atoms. The fourth-order valence-electron chi connectivity index (χ4n) is 2.00. The van der Waals surface area contributed by atoms with Gasteiger partial charge in [-0.05, 0) is 38.1 Å². The Hall–Kier alpha value is -0.840. The van der Waals surface area contributed by atoms with Crippen LogP contribution in [-0.2, 0) is 0 Å². The maximum atomic E-state index is 10.7. The molecule has 1 N–H and O–H groups in total. The van der Waals surface area contributed by atoms with Crippen molar-refractivity contribution in [3.05, 3.63) is 55.5 Å². The van der Waals surface area contributed by atoms with Crippen LogP contribution >= 0.6 is 46.4 Å². The van der Waals surface area contributed by atoms with Gasteiger partial charge >= 0.3 is 5.97 Å². The molecule has 2 aromatic rings. The van der Waals surface area contributed by atoms with E-state index in [1.54, 1.807) is 45.0 Å². The van der Waals surface area contributed by atoms with E-state index in [1.165, 1.54) is 0 Å². The molecule has 0 unspecified atom stereocenters. The van der Waals surface area contributed by atoms with Crippen molar-refractivity contribution in [2.45, 2.75) is 33.2 Å². The number of rotatable bonds is 5. The zero-order chi connectivity index (χ0) is 18.1. The average molecular weight is 410 g/mol. The molecule has 130 valence electrons. The first-order chi connectivity index (χ1) is 11.2. The first kappa shape index (κ1) is 19.5. The van der Waals surface area contributed by atoms with E-state index in [0.29, 0.717) is 42.7 Å². The van der Waals surface area contributed by atoms with Gasteiger partial charge in [-0.25, -0.2) is 0 Å². The minimum Gasteiger partial charge on any atom is -0.430 e. The number of benzene rings is 2. The van der Waals surface area contributed by atoms with Crippen molar-refractivity contribution in [1.29, 1.82) is 0 Å². The minimum atomic E-state index is -1.90. The molecule has 7 heteroatoms. The summed E-state index contributed by atoms with van der Waals surface area (Å²) >= 11 is 24.2. The first-order valence-electron chi connectivity index (χ1n) is 7.18. The summed E-state index contributed by atoms with van der Waals surface area (Å²) < 4.78 is 11.3. The summed E-state index contributed by atoms with van der Waals surface area (Å²) in [6.07, 6.45) is 0.159. The summed E-state index contributed by atoms with van der Waals surface area (Å²) in [5, 5.41) is 12.2. The predicted octanol–water partition coefficient (Wildman–Crippen LogP) is 6.43. The molecule has 0 aromatic heterocycles. The van der Waals surface area contributed by atoms with Gasteiger partial charge in [0.25, 0.3) is 0 Å². The Bertz CT molecular complexity index is 702. The van der Waals surface area contributed by atoms with Crippen molar-refractivity contribution < 1.29 is 14.6 Å². The van der Waals surface area contributed by atoms with Crippen molar-refractivity contribution in [2.75, 3.05) is 0 Å². The molecule has 24 heavy (non-hydrogen) atoms. The van der Waals surface area contributed by atoms with E-state index in [0.717, 1.165) is 0 Å². The topological polar surface area (TPSA) is 38.7 Å². The summed E-state index contributed by atoms with van der Waals surface area (Å²) in [5.74, 6) is -1.16. The SMILES string of the molecule is CCC(O)(Oc1ccc(Cl)c(Cl)c1C)Oc1ccc(Cl)c(Cl)c1C. The lowest BCUT2D eigenvalue weighted by Gasteiger charge is -2.29. The lowest BCUT2D eigenvalue weighted by atomic mass is 10.2. The Morgan fingerprint density at radius 1 is 0.833 bits per heavy atom. The lowest BCUT2D eigenvalue weighted by molar-refractivity contribution is -0.273. The van der Waals surface area contributed by atoms with Crippen molar-refractivity contribution in [3.8, 4) is 11.5 Å². The molecule has 0 radical (unpaired) electrons. The van der Waals surface area contributed by atoms with Gasteiger partial charge in [-0.2, -0.15) is 0 Å². The summed E-state index contributed by atoms with van der Waals surface area (Å²) in [6.45, 7) is 5.20. The van der Waals surface area contributed by atoms with Crippen LogP contribution in [0.4, 0.5) is 0 Å². The highest BCUT2D eigenvalue weighted by Crippen LogP contribution is 2.37. The molecule has 2 rings (SSSR count). The minimum absolute atomic E-state index is 0.159. The van der Waals surface area contributed by atoms with Crippen LogP contribution in [0.3, 0.4) is 0 Å². The van der Waals surface area contributed by atoms with Crippen molar-refractivity contribution in [2.24, 2.45) is 0 Å². The van der Waals surface area contributed by atoms with E-state index in [-0.39, 0.29) is 6.42 Å². The second kappa shape index (κ2) is 7.59. The number of hydrogen-bond donors (Lipinski definition) is 1. The molecule has 0 aliphatic carbocycles. The maximum absolute atomic E-state index is 10.7. The van der Waals surface area contributed by atoms with Gasteiger partial charge in [-0.15, -0.1) is 0 Å². The predicted molar refractivity (Wildman–Crippen MR) is 98.9 cm³/mol. The monoisotopic (exact) mass is 408 g/mol. The fourth-order valence-corrected chi connectivity index (χ4v) is 2.72. The quantitative estimate of drug-likeness (QED) is 0.578. The highest BCUT2D eigenvalue weighted by atomic mass is 35.5. The maximum Gasteiger partial charge on any atom is 0.368 e. The molecule has 0 fully saturated rings. The normalized spacial score (nSPS) is 11.5. The Balaban J connectivity index is 2.33. The van der Waals surface area contributed by atoms with E-state index < -0.39 is 5.97 Å². The Labute approximate surface area is 161 Å². The zero-order valence-corrected chi connectivity index (χ0v) is 16.3. The van der Waals surface area contributed by atoms with Crippen LogP contribution < -0.4 is 9.47 Å². The largest absolute Gasteiger partial charge is 0.430 e. The van der Waals surface area contributed by atoms with Gasteiger partial charge in [0.2, 0.25) is 0 Å². The van der Waals surface area contributed by atoms with Gasteiger partial charge in [-0.3, -0.25) is 0 Å². The molecule has 0 amide bonds. The second-order valence-electron chi connectivity index (χ2n) is 5.24. The van der Waals surface area contributed by atoms with Crippen LogP contribution in [0.5, 0.6) is 11.5 Å². The van der Waals surface area contributed by atoms with Gasteiger partial charge in [0.1, 0.15) is 11.5 Å². The molecule has 3 nitrogen and oxygen atoms in total. The van der Waals surface area contributed by atoms with Crippen LogP contribution in [-0.4, -0.2) is 11.1 Å². The molecule has 0 spiro atoms. The highest BCUT2D eigenvalue weighted by molar-refractivity contribution is 6.43. The molecule has 0 aliphatic heterocycles. The molecular weight excluding hydrogens is 394 g/mol. The zero-order valence-electron chi connectivity index (χ0n) is 13.3. The number of halogens is 4. The van der Waals surface area contributed by atoms with Crippen molar-refractivity contribution in [1.82, 2.24) is 0 Å². The third-order valence-corrected chi connectivity index (χ3v) is 5.36. The van der Waals surface area contributed by atoms with E-state index in [9.17, 15) is 5.11 Å². The van der Waals surface area contributed by atoms with Crippen molar-refractivity contribution >= 4 is 46.4 Å². The molecular formula is C17H16Cl4O3. The summed E-state index contributed by atoms with van der Waals surface area (Å²) in [7, 11) is 0. The second-order valence-corrected chi connectivity index (χ2v) is 6.81. The van der Waals surface area contributed by atoms with Crippen molar-refractivity contribution in [3.63, 3.8) is 0 Å². The van der Waals surface area contributed by atoms with Gasteiger partial charge in [0.05, 0.1) is 26.5 Å².